The van der Waals surface area contributed by atoms with Gasteiger partial charge in [0.1, 0.15) is 11.0 Å². The van der Waals surface area contributed by atoms with Crippen molar-refractivity contribution in [2.75, 3.05) is 0 Å². The summed E-state index contributed by atoms with van der Waals surface area (Å²) < 4.78 is 5.09. The molecule has 0 unspecified atom stereocenters. The Hall–Kier alpha value is -6.87. The van der Waals surface area contributed by atoms with Crippen LogP contribution in [0.25, 0.3) is 66.2 Å². The van der Waals surface area contributed by atoms with Gasteiger partial charge in [-0.1, -0.05) is 48.5 Å². The lowest BCUT2D eigenvalue weighted by molar-refractivity contribution is 0.316. The number of nitrogens with zero attached hydrogens (tertiary/aromatic N) is 7. The molecule has 0 N–H and O–H groups in total. The summed E-state index contributed by atoms with van der Waals surface area (Å²) in [4.78, 5) is 5.11. The van der Waals surface area contributed by atoms with Crippen molar-refractivity contribution in [2.45, 2.75) is 0 Å². The number of fused-ring (bicyclic) bond motifs is 5. The summed E-state index contributed by atoms with van der Waals surface area (Å²) in [6, 6.07) is 36.1. The Labute approximate surface area is 244 Å². The molecule has 0 bridgehead atoms. The first-order valence-electron chi connectivity index (χ1n) is 13.1. The number of rotatable bonds is 3. The lowest BCUT2D eigenvalue weighted by Gasteiger charge is -2.13. The van der Waals surface area contributed by atoms with Gasteiger partial charge in [-0.3, -0.25) is 0 Å². The van der Waals surface area contributed by atoms with Gasteiger partial charge in [0.05, 0.1) is 57.7 Å². The van der Waals surface area contributed by atoms with Gasteiger partial charge in [0.2, 0.25) is 0 Å². The van der Waals surface area contributed by atoms with E-state index in [1.807, 2.05) is 72.8 Å². The van der Waals surface area contributed by atoms with Crippen molar-refractivity contribution in [3.63, 3.8) is 0 Å². The highest BCUT2D eigenvalue weighted by molar-refractivity contribution is 6.20. The first-order valence-corrected chi connectivity index (χ1v) is 13.1. The van der Waals surface area contributed by atoms with Gasteiger partial charge in [-0.15, -0.1) is 0 Å². The normalized spacial score (nSPS) is 10.7. The van der Waals surface area contributed by atoms with Crippen molar-refractivity contribution >= 4 is 32.7 Å². The minimum atomic E-state index is 0.258. The molecule has 43 heavy (non-hydrogen) atoms. The molecule has 8 heteroatoms. The fourth-order valence-electron chi connectivity index (χ4n) is 5.46. The third-order valence-corrected chi connectivity index (χ3v) is 7.49. The molecule has 0 saturated carbocycles. The molecular weight excluding hydrogens is 534 g/mol. The van der Waals surface area contributed by atoms with Crippen molar-refractivity contribution < 1.29 is 4.63 Å². The molecule has 7 rings (SSSR count). The van der Waals surface area contributed by atoms with Crippen molar-refractivity contribution in [3.05, 3.63) is 113 Å². The molecule has 0 atom stereocenters. The molecule has 0 aliphatic carbocycles. The highest BCUT2D eigenvalue weighted by Crippen LogP contribution is 2.38. The molecule has 7 aromatic rings. The fraction of sp³-hybridized carbons (Fsp3) is 0. The molecule has 2 heterocycles. The number of nitriles is 4. The minimum Gasteiger partial charge on any atom is -0.247 e. The predicted molar refractivity (Wildman–Crippen MR) is 160 cm³/mol. The summed E-state index contributed by atoms with van der Waals surface area (Å²) in [6.07, 6.45) is 0. The summed E-state index contributed by atoms with van der Waals surface area (Å²) in [5, 5.41) is 48.9. The third-order valence-electron chi connectivity index (χ3n) is 7.49. The van der Waals surface area contributed by atoms with Gasteiger partial charge < -0.3 is 0 Å². The molecule has 0 amide bonds. The van der Waals surface area contributed by atoms with Crippen LogP contribution >= 0.6 is 0 Å². The zero-order chi connectivity index (χ0) is 29.5. The van der Waals surface area contributed by atoms with Crippen molar-refractivity contribution in [2.24, 2.45) is 0 Å². The Morgan fingerprint density at radius 2 is 1.14 bits per heavy atom. The lowest BCUT2D eigenvalue weighted by Crippen LogP contribution is -1.94. The molecular formula is C35H15N7O. The number of benzene rings is 5. The average molecular weight is 550 g/mol. The Bertz CT molecular complexity index is 2400. The first-order chi connectivity index (χ1) is 21.1. The Morgan fingerprint density at radius 3 is 1.81 bits per heavy atom. The first kappa shape index (κ1) is 25.1. The van der Waals surface area contributed by atoms with Crippen LogP contribution in [0.5, 0.6) is 0 Å². The van der Waals surface area contributed by atoms with Crippen LogP contribution in [0.15, 0.2) is 95.6 Å². The van der Waals surface area contributed by atoms with Crippen LogP contribution in [0.2, 0.25) is 0 Å². The summed E-state index contributed by atoms with van der Waals surface area (Å²) in [6.45, 7) is 0. The zero-order valence-corrected chi connectivity index (χ0v) is 22.2. The van der Waals surface area contributed by atoms with Crippen LogP contribution < -0.4 is 0 Å². The standard InChI is InChI=1S/C35H15N7O/c36-16-20-1-3-22(4-2-20)25-9-10-28-31(15-25)40-34(29-11-12-30-35(33(28)29)42-43-41-30)24-7-5-23(6-8-24)32-26(18-38)13-21(17-37)14-27(32)19-39/h1-15H. The maximum absolute atomic E-state index is 9.76. The van der Waals surface area contributed by atoms with E-state index < -0.39 is 0 Å². The van der Waals surface area contributed by atoms with Gasteiger partial charge in [0.15, 0.2) is 0 Å². The molecule has 2 aromatic heterocycles. The van der Waals surface area contributed by atoms with Gasteiger partial charge in [-0.2, -0.15) is 21.0 Å². The largest absolute Gasteiger partial charge is 0.247 e. The topological polar surface area (TPSA) is 147 Å². The summed E-state index contributed by atoms with van der Waals surface area (Å²) in [5.74, 6) is 0. The smallest absolute Gasteiger partial charge is 0.143 e. The third kappa shape index (κ3) is 4.09. The maximum Gasteiger partial charge on any atom is 0.143 e. The highest BCUT2D eigenvalue weighted by atomic mass is 16.6. The number of hydrogen-bond acceptors (Lipinski definition) is 8. The SMILES string of the molecule is N#Cc1ccc(-c2ccc3c(c2)nc(-c2ccc(-c4c(C#N)cc(C#N)cc4C#N)cc2)c2ccc4nonc4c23)cc1. The van der Waals surface area contributed by atoms with Crippen LogP contribution in [0, 0.1) is 45.3 Å². The molecule has 196 valence electrons. The number of pyridine rings is 1. The molecule has 5 aromatic carbocycles. The van der Waals surface area contributed by atoms with Crippen molar-refractivity contribution in [1.82, 2.24) is 15.3 Å². The van der Waals surface area contributed by atoms with Gasteiger partial charge in [-0.05, 0) is 69.5 Å². The van der Waals surface area contributed by atoms with Crippen molar-refractivity contribution in [1.29, 1.82) is 21.0 Å². The fourth-order valence-corrected chi connectivity index (χ4v) is 5.46. The van der Waals surface area contributed by atoms with Crippen LogP contribution in [0.3, 0.4) is 0 Å². The van der Waals surface area contributed by atoms with E-state index >= 15 is 0 Å². The second-order valence-corrected chi connectivity index (χ2v) is 9.86. The summed E-state index contributed by atoms with van der Waals surface area (Å²) >= 11 is 0. The molecule has 0 fully saturated rings. The number of aromatic nitrogens is 3. The van der Waals surface area contributed by atoms with E-state index in [4.69, 9.17) is 9.61 Å². The van der Waals surface area contributed by atoms with Gasteiger partial charge in [-0.25, -0.2) is 9.61 Å². The van der Waals surface area contributed by atoms with Gasteiger partial charge in [0, 0.05) is 27.3 Å². The van der Waals surface area contributed by atoms with E-state index in [-0.39, 0.29) is 16.7 Å². The Morgan fingerprint density at radius 1 is 0.512 bits per heavy atom. The summed E-state index contributed by atoms with van der Waals surface area (Å²) in [5.41, 5.74) is 7.97. The highest BCUT2D eigenvalue weighted by Gasteiger charge is 2.18. The van der Waals surface area contributed by atoms with E-state index in [1.165, 1.54) is 12.1 Å². The van der Waals surface area contributed by atoms with Crippen LogP contribution in [0.4, 0.5) is 0 Å². The zero-order valence-electron chi connectivity index (χ0n) is 22.2. The number of hydrogen-bond donors (Lipinski definition) is 0. The maximum atomic E-state index is 9.76. The molecule has 0 aliphatic rings. The average Bonchev–Trinajstić information content (AvgIpc) is 3.56. The van der Waals surface area contributed by atoms with E-state index in [9.17, 15) is 21.0 Å². The van der Waals surface area contributed by atoms with Gasteiger partial charge in [0.25, 0.3) is 0 Å². The Balaban J connectivity index is 1.44. The Kier molecular flexibility index (Phi) is 5.81. The van der Waals surface area contributed by atoms with Crippen LogP contribution in [-0.2, 0) is 0 Å². The monoisotopic (exact) mass is 549 g/mol. The van der Waals surface area contributed by atoms with Gasteiger partial charge >= 0.3 is 0 Å². The second kappa shape index (κ2) is 9.95. The second-order valence-electron chi connectivity index (χ2n) is 9.86. The van der Waals surface area contributed by atoms with E-state index in [2.05, 4.69) is 28.5 Å². The van der Waals surface area contributed by atoms with E-state index in [0.717, 1.165) is 44.1 Å². The predicted octanol–water partition coefficient (Wildman–Crippen LogP) is 7.41. The quantitative estimate of drug-likeness (QED) is 0.207. The molecule has 0 aliphatic heterocycles. The minimum absolute atomic E-state index is 0.258. The summed E-state index contributed by atoms with van der Waals surface area (Å²) in [7, 11) is 0. The van der Waals surface area contributed by atoms with E-state index in [0.29, 0.717) is 27.7 Å². The van der Waals surface area contributed by atoms with Crippen LogP contribution in [-0.4, -0.2) is 15.3 Å². The van der Waals surface area contributed by atoms with Crippen LogP contribution in [0.1, 0.15) is 22.3 Å². The molecule has 0 radical (unpaired) electrons. The van der Waals surface area contributed by atoms with Crippen molar-refractivity contribution in [3.8, 4) is 57.8 Å². The lowest BCUT2D eigenvalue weighted by atomic mass is 9.92. The molecule has 0 saturated heterocycles. The molecule has 8 nitrogen and oxygen atoms in total. The molecule has 0 spiro atoms. The van der Waals surface area contributed by atoms with E-state index in [1.54, 1.807) is 12.1 Å².